The highest BCUT2D eigenvalue weighted by Crippen LogP contribution is 2.26. The quantitative estimate of drug-likeness (QED) is 0.787. The molecule has 0 aromatic carbocycles. The fourth-order valence-corrected chi connectivity index (χ4v) is 1.96. The Kier molecular flexibility index (Phi) is 3.57. The van der Waals surface area contributed by atoms with E-state index in [1.165, 1.54) is 11.3 Å². The molecule has 1 rings (SSSR count). The third-order valence-electron chi connectivity index (χ3n) is 1.60. The van der Waals surface area contributed by atoms with E-state index in [4.69, 9.17) is 11.6 Å². The van der Waals surface area contributed by atoms with E-state index < -0.39 is 0 Å². The summed E-state index contributed by atoms with van der Waals surface area (Å²) in [6, 6.07) is 3.55. The molecule has 0 saturated heterocycles. The number of halogens is 1. The predicted molar refractivity (Wildman–Crippen MR) is 55.3 cm³/mol. The smallest absolute Gasteiger partial charge is 0.315 e. The summed E-state index contributed by atoms with van der Waals surface area (Å²) >= 11 is 7.24. The van der Waals surface area contributed by atoms with Crippen LogP contribution in [-0.4, -0.2) is 13.1 Å². The topological polar surface area (TPSA) is 41.1 Å². The van der Waals surface area contributed by atoms with Crippen LogP contribution in [0.3, 0.4) is 0 Å². The molecule has 1 heterocycles. The molecule has 0 fully saturated rings. The Balaban J connectivity index is 2.58. The van der Waals surface area contributed by atoms with Crippen LogP contribution in [0.2, 0.25) is 4.34 Å². The molecule has 0 unspecified atom stereocenters. The number of carbonyl (C=O) groups is 1. The summed E-state index contributed by atoms with van der Waals surface area (Å²) < 4.78 is 0.737. The maximum atomic E-state index is 11.0. The van der Waals surface area contributed by atoms with Crippen LogP contribution in [-0.2, 0) is 0 Å². The zero-order valence-electron chi connectivity index (χ0n) is 7.43. The largest absolute Gasteiger partial charge is 0.341 e. The molecule has 0 saturated carbocycles. The highest BCUT2D eigenvalue weighted by molar-refractivity contribution is 7.16. The molecule has 2 N–H and O–H groups in total. The van der Waals surface area contributed by atoms with Crippen molar-refractivity contribution in [2.75, 3.05) is 7.05 Å². The second-order valence-electron chi connectivity index (χ2n) is 2.59. The first-order valence-corrected chi connectivity index (χ1v) is 5.06. The van der Waals surface area contributed by atoms with Crippen molar-refractivity contribution in [2.45, 2.75) is 13.0 Å². The first-order valence-electron chi connectivity index (χ1n) is 3.87. The summed E-state index contributed by atoms with van der Waals surface area (Å²) in [6.45, 7) is 1.91. The van der Waals surface area contributed by atoms with Gasteiger partial charge in [-0.05, 0) is 19.1 Å². The van der Waals surface area contributed by atoms with Gasteiger partial charge in [0, 0.05) is 11.9 Å². The van der Waals surface area contributed by atoms with Crippen LogP contribution in [0.1, 0.15) is 17.8 Å². The van der Waals surface area contributed by atoms with E-state index in [2.05, 4.69) is 10.6 Å². The molecule has 1 atom stereocenters. The summed E-state index contributed by atoms with van der Waals surface area (Å²) in [5.74, 6) is 0. The lowest BCUT2D eigenvalue weighted by molar-refractivity contribution is 0.240. The number of nitrogens with one attached hydrogen (secondary N) is 2. The van der Waals surface area contributed by atoms with Crippen molar-refractivity contribution in [3.63, 3.8) is 0 Å². The Morgan fingerprint density at radius 1 is 1.62 bits per heavy atom. The maximum absolute atomic E-state index is 11.0. The molecule has 0 spiro atoms. The fourth-order valence-electron chi connectivity index (χ4n) is 0.901. The molecule has 0 aliphatic carbocycles. The first kappa shape index (κ1) is 10.3. The summed E-state index contributed by atoms with van der Waals surface area (Å²) in [5.41, 5.74) is 0. The van der Waals surface area contributed by atoms with E-state index in [1.807, 2.05) is 19.1 Å². The molecule has 0 aliphatic rings. The molecule has 3 nitrogen and oxygen atoms in total. The first-order chi connectivity index (χ1) is 6.13. The molecule has 2 amide bonds. The summed E-state index contributed by atoms with van der Waals surface area (Å²) in [4.78, 5) is 12.0. The van der Waals surface area contributed by atoms with Gasteiger partial charge in [-0.25, -0.2) is 4.79 Å². The van der Waals surface area contributed by atoms with Crippen molar-refractivity contribution in [1.29, 1.82) is 0 Å². The summed E-state index contributed by atoms with van der Waals surface area (Å²) in [5, 5.41) is 5.25. The molecule has 0 bridgehead atoms. The number of thiophene rings is 1. The number of hydrogen-bond donors (Lipinski definition) is 2. The fraction of sp³-hybridized carbons (Fsp3) is 0.375. The maximum Gasteiger partial charge on any atom is 0.315 e. The lowest BCUT2D eigenvalue weighted by Crippen LogP contribution is -2.34. The zero-order chi connectivity index (χ0) is 9.84. The van der Waals surface area contributed by atoms with E-state index >= 15 is 0 Å². The van der Waals surface area contributed by atoms with Gasteiger partial charge in [0.05, 0.1) is 10.4 Å². The van der Waals surface area contributed by atoms with Gasteiger partial charge < -0.3 is 10.6 Å². The van der Waals surface area contributed by atoms with Gasteiger partial charge in [0.2, 0.25) is 0 Å². The SMILES string of the molecule is CNC(=O)N[C@@H](C)c1ccc(Cl)s1. The van der Waals surface area contributed by atoms with Crippen LogP contribution in [0.4, 0.5) is 4.79 Å². The monoisotopic (exact) mass is 218 g/mol. The van der Waals surface area contributed by atoms with E-state index in [0.29, 0.717) is 0 Å². The van der Waals surface area contributed by atoms with Crippen LogP contribution >= 0.6 is 22.9 Å². The highest BCUT2D eigenvalue weighted by atomic mass is 35.5. The zero-order valence-corrected chi connectivity index (χ0v) is 9.00. The van der Waals surface area contributed by atoms with Crippen molar-refractivity contribution < 1.29 is 4.79 Å². The van der Waals surface area contributed by atoms with Crippen LogP contribution < -0.4 is 10.6 Å². The number of rotatable bonds is 2. The molecule has 5 heteroatoms. The van der Waals surface area contributed by atoms with Crippen molar-refractivity contribution in [3.05, 3.63) is 21.3 Å². The Labute approximate surface area is 86.1 Å². The molecule has 13 heavy (non-hydrogen) atoms. The molecule has 0 aliphatic heterocycles. The standard InChI is InChI=1S/C8H11ClN2OS/c1-5(11-8(12)10-2)6-3-4-7(9)13-6/h3-5H,1-2H3,(H2,10,11,12)/t5-/m0/s1. The lowest BCUT2D eigenvalue weighted by atomic mass is 10.3. The van der Waals surface area contributed by atoms with Crippen molar-refractivity contribution in [1.82, 2.24) is 10.6 Å². The molecular weight excluding hydrogens is 208 g/mol. The summed E-state index contributed by atoms with van der Waals surface area (Å²) in [6.07, 6.45) is 0. The van der Waals surface area contributed by atoms with Gasteiger partial charge in [0.1, 0.15) is 0 Å². The second-order valence-corrected chi connectivity index (χ2v) is 4.33. The molecule has 1 aromatic heterocycles. The Bertz CT molecular complexity index is 300. The van der Waals surface area contributed by atoms with Crippen LogP contribution in [0.25, 0.3) is 0 Å². The highest BCUT2D eigenvalue weighted by Gasteiger charge is 2.09. The lowest BCUT2D eigenvalue weighted by Gasteiger charge is -2.10. The van der Waals surface area contributed by atoms with Gasteiger partial charge in [0.25, 0.3) is 0 Å². The number of urea groups is 1. The predicted octanol–water partition coefficient (Wildman–Crippen LogP) is 2.39. The minimum Gasteiger partial charge on any atom is -0.341 e. The molecule has 0 radical (unpaired) electrons. The Morgan fingerprint density at radius 2 is 2.31 bits per heavy atom. The number of carbonyl (C=O) groups excluding carboxylic acids is 1. The van der Waals surface area contributed by atoms with Crippen molar-refractivity contribution in [2.24, 2.45) is 0 Å². The van der Waals surface area contributed by atoms with Gasteiger partial charge in [0.15, 0.2) is 0 Å². The summed E-state index contributed by atoms with van der Waals surface area (Å²) in [7, 11) is 1.59. The minimum absolute atomic E-state index is 0.00236. The van der Waals surface area contributed by atoms with Gasteiger partial charge in [-0.1, -0.05) is 11.6 Å². The van der Waals surface area contributed by atoms with Gasteiger partial charge in [-0.15, -0.1) is 11.3 Å². The van der Waals surface area contributed by atoms with Crippen LogP contribution in [0, 0.1) is 0 Å². The third-order valence-corrected chi connectivity index (χ3v) is 3.01. The van der Waals surface area contributed by atoms with E-state index in [9.17, 15) is 4.79 Å². The average molecular weight is 219 g/mol. The molecule has 1 aromatic rings. The van der Waals surface area contributed by atoms with Gasteiger partial charge in [-0.2, -0.15) is 0 Å². The van der Waals surface area contributed by atoms with Crippen molar-refractivity contribution in [3.8, 4) is 0 Å². The second kappa shape index (κ2) is 4.48. The van der Waals surface area contributed by atoms with Crippen LogP contribution in [0.5, 0.6) is 0 Å². The third kappa shape index (κ3) is 2.90. The van der Waals surface area contributed by atoms with Gasteiger partial charge in [-0.3, -0.25) is 0 Å². The average Bonchev–Trinajstić information content (AvgIpc) is 2.51. The normalized spacial score (nSPS) is 12.2. The van der Waals surface area contributed by atoms with Gasteiger partial charge >= 0.3 is 6.03 Å². The molecular formula is C8H11ClN2OS. The Hall–Kier alpha value is -0.740. The number of amides is 2. The van der Waals surface area contributed by atoms with Crippen LogP contribution in [0.15, 0.2) is 12.1 Å². The Morgan fingerprint density at radius 3 is 2.77 bits per heavy atom. The molecule has 72 valence electrons. The van der Waals surface area contributed by atoms with Crippen molar-refractivity contribution >= 4 is 29.0 Å². The number of hydrogen-bond acceptors (Lipinski definition) is 2. The minimum atomic E-state index is -0.183. The van der Waals surface area contributed by atoms with E-state index in [1.54, 1.807) is 7.05 Å². The van der Waals surface area contributed by atoms with E-state index in [0.717, 1.165) is 9.21 Å². The van der Waals surface area contributed by atoms with E-state index in [-0.39, 0.29) is 12.1 Å².